The van der Waals surface area contributed by atoms with Gasteiger partial charge >= 0.3 is 6.09 Å². The van der Waals surface area contributed by atoms with Crippen molar-refractivity contribution >= 4 is 28.3 Å². The third-order valence-electron chi connectivity index (χ3n) is 5.62. The summed E-state index contributed by atoms with van der Waals surface area (Å²) in [7, 11) is 1.84. The molecule has 1 atom stereocenters. The second kappa shape index (κ2) is 9.83. The van der Waals surface area contributed by atoms with E-state index in [0.717, 1.165) is 21.8 Å². The minimum atomic E-state index is -0.413. The van der Waals surface area contributed by atoms with Crippen molar-refractivity contribution in [1.29, 1.82) is 5.26 Å². The second-order valence-electron chi connectivity index (χ2n) is 7.95. The summed E-state index contributed by atoms with van der Waals surface area (Å²) in [6.07, 6.45) is 5.40. The van der Waals surface area contributed by atoms with E-state index in [1.165, 1.54) is 11.3 Å². The van der Waals surface area contributed by atoms with Gasteiger partial charge in [-0.3, -0.25) is 9.78 Å². The van der Waals surface area contributed by atoms with E-state index in [1.54, 1.807) is 28.2 Å². The maximum atomic E-state index is 12.6. The van der Waals surface area contributed by atoms with E-state index in [4.69, 9.17) is 4.74 Å². The fraction of sp³-hybridized carbons (Fsp3) is 0.348. The van der Waals surface area contributed by atoms with Crippen LogP contribution in [0.25, 0.3) is 0 Å². The molecule has 0 saturated carbocycles. The number of ether oxygens (including phenoxy) is 1. The lowest BCUT2D eigenvalue weighted by atomic mass is 10.0. The van der Waals surface area contributed by atoms with Crippen LogP contribution in [0.4, 0.5) is 9.80 Å². The van der Waals surface area contributed by atoms with Gasteiger partial charge < -0.3 is 19.5 Å². The molecule has 0 saturated heterocycles. The van der Waals surface area contributed by atoms with Gasteiger partial charge in [-0.1, -0.05) is 13.0 Å². The molecule has 0 bridgehead atoms. The van der Waals surface area contributed by atoms with Crippen LogP contribution in [-0.4, -0.2) is 38.0 Å². The first-order chi connectivity index (χ1) is 16.0. The average molecular weight is 465 g/mol. The highest BCUT2D eigenvalue weighted by Crippen LogP contribution is 2.37. The van der Waals surface area contributed by atoms with Crippen LogP contribution in [0.1, 0.15) is 46.7 Å². The number of pyridine rings is 1. The zero-order valence-corrected chi connectivity index (χ0v) is 19.3. The fourth-order valence-electron chi connectivity index (χ4n) is 3.74. The summed E-state index contributed by atoms with van der Waals surface area (Å²) in [6, 6.07) is 7.85. The molecule has 3 aromatic heterocycles. The Labute approximate surface area is 195 Å². The molecule has 170 valence electrons. The van der Waals surface area contributed by atoms with Gasteiger partial charge in [0.25, 0.3) is 0 Å². The Bertz CT molecular complexity index is 1200. The van der Waals surface area contributed by atoms with E-state index in [2.05, 4.69) is 21.4 Å². The SMILES string of the molecule is C[C@@H](CC(=O)Nc1sc2c(c1C#N)CCN(C(=O)OCc1cncn1C)C2)c1ccccn1. The molecule has 9 nitrogen and oxygen atoms in total. The van der Waals surface area contributed by atoms with Gasteiger partial charge in [0, 0.05) is 42.7 Å². The van der Waals surface area contributed by atoms with Crippen molar-refractivity contribution in [2.24, 2.45) is 7.05 Å². The van der Waals surface area contributed by atoms with Crippen molar-refractivity contribution in [2.75, 3.05) is 11.9 Å². The molecule has 2 amide bonds. The quantitative estimate of drug-likeness (QED) is 0.597. The Hall–Kier alpha value is -3.71. The van der Waals surface area contributed by atoms with E-state index in [0.29, 0.717) is 30.1 Å². The maximum Gasteiger partial charge on any atom is 0.410 e. The fourth-order valence-corrected chi connectivity index (χ4v) is 4.97. The number of imidazole rings is 1. The van der Waals surface area contributed by atoms with Crippen molar-refractivity contribution in [2.45, 2.75) is 38.8 Å². The van der Waals surface area contributed by atoms with Crippen LogP contribution in [0.5, 0.6) is 0 Å². The maximum absolute atomic E-state index is 12.6. The zero-order valence-electron chi connectivity index (χ0n) is 18.4. The monoisotopic (exact) mass is 464 g/mol. The highest BCUT2D eigenvalue weighted by atomic mass is 32.1. The first-order valence-electron chi connectivity index (χ1n) is 10.6. The molecular formula is C23H24N6O3S. The number of thiophene rings is 1. The number of aryl methyl sites for hydroxylation is 1. The predicted octanol–water partition coefficient (Wildman–Crippen LogP) is 3.58. The van der Waals surface area contributed by atoms with E-state index >= 15 is 0 Å². The largest absolute Gasteiger partial charge is 0.443 e. The van der Waals surface area contributed by atoms with Crippen LogP contribution in [0, 0.1) is 11.3 Å². The number of nitrogens with one attached hydrogen (secondary N) is 1. The van der Waals surface area contributed by atoms with Crippen LogP contribution in [0.2, 0.25) is 0 Å². The van der Waals surface area contributed by atoms with Gasteiger partial charge in [-0.05, 0) is 24.1 Å². The van der Waals surface area contributed by atoms with E-state index in [1.807, 2.05) is 32.2 Å². The van der Waals surface area contributed by atoms with Gasteiger partial charge in [-0.25, -0.2) is 9.78 Å². The van der Waals surface area contributed by atoms with Crippen molar-refractivity contribution < 1.29 is 14.3 Å². The number of rotatable bonds is 6. The Morgan fingerprint density at radius 2 is 2.24 bits per heavy atom. The van der Waals surface area contributed by atoms with E-state index in [9.17, 15) is 14.9 Å². The minimum Gasteiger partial charge on any atom is -0.443 e. The number of fused-ring (bicyclic) bond motifs is 1. The molecule has 1 aliphatic heterocycles. The molecule has 0 aromatic carbocycles. The Morgan fingerprint density at radius 1 is 1.39 bits per heavy atom. The lowest BCUT2D eigenvalue weighted by Crippen LogP contribution is -2.35. The van der Waals surface area contributed by atoms with Gasteiger partial charge in [0.05, 0.1) is 30.3 Å². The molecule has 33 heavy (non-hydrogen) atoms. The number of aromatic nitrogens is 3. The number of anilines is 1. The zero-order chi connectivity index (χ0) is 23.4. The summed E-state index contributed by atoms with van der Waals surface area (Å²) >= 11 is 1.34. The predicted molar refractivity (Wildman–Crippen MR) is 122 cm³/mol. The number of carbonyl (C=O) groups excluding carboxylic acids is 2. The lowest BCUT2D eigenvalue weighted by molar-refractivity contribution is -0.116. The molecule has 1 aliphatic rings. The van der Waals surface area contributed by atoms with Gasteiger partial charge in [0.15, 0.2) is 0 Å². The molecule has 0 unspecified atom stereocenters. The second-order valence-corrected chi connectivity index (χ2v) is 9.05. The van der Waals surface area contributed by atoms with Gasteiger partial charge in [0.1, 0.15) is 17.7 Å². The summed E-state index contributed by atoms with van der Waals surface area (Å²) < 4.78 is 7.22. The molecule has 0 aliphatic carbocycles. The topological polar surface area (TPSA) is 113 Å². The molecule has 3 aromatic rings. The third-order valence-corrected chi connectivity index (χ3v) is 6.76. The lowest BCUT2D eigenvalue weighted by Gasteiger charge is -2.26. The van der Waals surface area contributed by atoms with Crippen molar-refractivity contribution in [3.8, 4) is 6.07 Å². The van der Waals surface area contributed by atoms with Gasteiger partial charge in [-0.15, -0.1) is 11.3 Å². The summed E-state index contributed by atoms with van der Waals surface area (Å²) in [5.74, 6) is -0.216. The van der Waals surface area contributed by atoms with Crippen LogP contribution in [0.15, 0.2) is 36.9 Å². The Morgan fingerprint density at radius 3 is 2.94 bits per heavy atom. The molecular weight excluding hydrogens is 440 g/mol. The molecule has 4 rings (SSSR count). The first kappa shape index (κ1) is 22.5. The normalized spacial score (nSPS) is 13.7. The van der Waals surface area contributed by atoms with E-state index < -0.39 is 6.09 Å². The first-order valence-corrected chi connectivity index (χ1v) is 11.4. The van der Waals surface area contributed by atoms with E-state index in [-0.39, 0.29) is 24.9 Å². The van der Waals surface area contributed by atoms with Crippen LogP contribution >= 0.6 is 11.3 Å². The Kier molecular flexibility index (Phi) is 6.70. The number of hydrogen-bond acceptors (Lipinski definition) is 7. The number of hydrogen-bond donors (Lipinski definition) is 1. The smallest absolute Gasteiger partial charge is 0.410 e. The van der Waals surface area contributed by atoms with Crippen molar-refractivity contribution in [3.63, 3.8) is 0 Å². The van der Waals surface area contributed by atoms with Crippen molar-refractivity contribution in [3.05, 3.63) is 64.3 Å². The number of amides is 2. The summed E-state index contributed by atoms with van der Waals surface area (Å²) in [4.78, 5) is 36.0. The summed E-state index contributed by atoms with van der Waals surface area (Å²) in [5.41, 5.74) is 3.02. The highest BCUT2D eigenvalue weighted by molar-refractivity contribution is 7.16. The number of nitriles is 1. The van der Waals surface area contributed by atoms with Gasteiger partial charge in [0.2, 0.25) is 5.91 Å². The summed E-state index contributed by atoms with van der Waals surface area (Å²) in [5, 5.41) is 13.1. The molecule has 4 heterocycles. The summed E-state index contributed by atoms with van der Waals surface area (Å²) in [6.45, 7) is 2.88. The van der Waals surface area contributed by atoms with Crippen LogP contribution < -0.4 is 5.32 Å². The highest BCUT2D eigenvalue weighted by Gasteiger charge is 2.28. The molecule has 0 radical (unpaired) electrons. The number of nitrogens with zero attached hydrogens (tertiary/aromatic N) is 5. The van der Waals surface area contributed by atoms with Gasteiger partial charge in [-0.2, -0.15) is 5.26 Å². The molecule has 0 spiro atoms. The molecule has 0 fully saturated rings. The van der Waals surface area contributed by atoms with Crippen LogP contribution in [-0.2, 0) is 36.2 Å². The third kappa shape index (κ3) is 5.04. The average Bonchev–Trinajstić information content (AvgIpc) is 3.39. The molecule has 1 N–H and O–H groups in total. The minimum absolute atomic E-state index is 0.0454. The molecule has 10 heteroatoms. The Balaban J connectivity index is 1.40. The van der Waals surface area contributed by atoms with Crippen molar-refractivity contribution in [1.82, 2.24) is 19.4 Å². The standard InChI is InChI=1S/C23H24N6O3S/c1-15(19-5-3-4-7-26-19)9-21(30)27-22-18(10-24)17-6-8-29(12-20(17)33-22)23(31)32-13-16-11-25-14-28(16)2/h3-5,7,11,14-15H,6,8-9,12-13H2,1-2H3,(H,27,30)/t15-/m0/s1. The van der Waals surface area contributed by atoms with Crippen LogP contribution in [0.3, 0.4) is 0 Å². The number of carbonyl (C=O) groups is 2.